The van der Waals surface area contributed by atoms with Gasteiger partial charge < -0.3 is 5.41 Å². The highest BCUT2D eigenvalue weighted by molar-refractivity contribution is 5.68. The summed E-state index contributed by atoms with van der Waals surface area (Å²) in [4.78, 5) is 0. The predicted molar refractivity (Wildman–Crippen MR) is 104 cm³/mol. The largest absolute Gasteiger partial charge is 0.309 e. The molecule has 23 heavy (non-hydrogen) atoms. The van der Waals surface area contributed by atoms with E-state index in [0.717, 1.165) is 12.8 Å². The number of allylic oxidation sites excluding steroid dienone is 6. The number of hydrogen-bond donors (Lipinski definition) is 1. The molecule has 0 fully saturated rings. The third-order valence-electron chi connectivity index (χ3n) is 4.15. The van der Waals surface area contributed by atoms with Crippen molar-refractivity contribution in [1.82, 2.24) is 0 Å². The number of benzene rings is 1. The van der Waals surface area contributed by atoms with Gasteiger partial charge in [-0.2, -0.15) is 0 Å². The average Bonchev–Trinajstić information content (AvgIpc) is 2.47. The van der Waals surface area contributed by atoms with Crippen LogP contribution in [0.2, 0.25) is 0 Å². The van der Waals surface area contributed by atoms with E-state index in [4.69, 9.17) is 5.41 Å². The first-order chi connectivity index (χ1) is 10.8. The van der Waals surface area contributed by atoms with Crippen molar-refractivity contribution in [2.24, 2.45) is 5.92 Å². The number of rotatable bonds is 7. The van der Waals surface area contributed by atoms with Crippen molar-refractivity contribution in [1.29, 1.82) is 5.41 Å². The minimum atomic E-state index is 0.616. The minimum Gasteiger partial charge on any atom is -0.309 e. The van der Waals surface area contributed by atoms with Gasteiger partial charge in [0.25, 0.3) is 0 Å². The Kier molecular flexibility index (Phi) is 7.74. The van der Waals surface area contributed by atoms with E-state index in [9.17, 15) is 0 Å². The predicted octanol–water partition coefficient (Wildman–Crippen LogP) is 6.28. The van der Waals surface area contributed by atoms with Crippen molar-refractivity contribution < 1.29 is 0 Å². The van der Waals surface area contributed by atoms with Crippen LogP contribution in [0.3, 0.4) is 0 Å². The Labute approximate surface area is 142 Å². The summed E-state index contributed by atoms with van der Waals surface area (Å²) in [7, 11) is 0. The highest BCUT2D eigenvalue weighted by Gasteiger charge is 2.03. The van der Waals surface area contributed by atoms with Crippen LogP contribution in [0.25, 0.3) is 0 Å². The van der Waals surface area contributed by atoms with Gasteiger partial charge in [0.1, 0.15) is 0 Å². The summed E-state index contributed by atoms with van der Waals surface area (Å²) < 4.78 is 0. The first-order valence-electron chi connectivity index (χ1n) is 8.45. The Hall–Kier alpha value is -1.89. The highest BCUT2D eigenvalue weighted by atomic mass is 14.3. The molecule has 0 heterocycles. The van der Waals surface area contributed by atoms with Crippen molar-refractivity contribution in [3.63, 3.8) is 0 Å². The number of nitrogens with one attached hydrogen (secondary N) is 1. The number of hydrogen-bond acceptors (Lipinski definition) is 1. The van der Waals surface area contributed by atoms with Crippen LogP contribution in [0.5, 0.6) is 0 Å². The molecule has 1 N–H and O–H groups in total. The molecular weight excluding hydrogens is 278 g/mol. The maximum atomic E-state index is 7.18. The summed E-state index contributed by atoms with van der Waals surface area (Å²) in [5.41, 5.74) is 8.11. The van der Waals surface area contributed by atoms with Gasteiger partial charge >= 0.3 is 0 Å². The normalized spacial score (nSPS) is 13.2. The SMILES string of the molecule is CC(/C=C\Cc1cc(C)cc(C)c1C)=C(\C=C/C=N)CC(C)C. The van der Waals surface area contributed by atoms with Gasteiger partial charge in [0.15, 0.2) is 0 Å². The van der Waals surface area contributed by atoms with Crippen LogP contribution >= 0.6 is 0 Å². The molecular formula is C22H31N. The molecule has 0 aliphatic carbocycles. The van der Waals surface area contributed by atoms with Crippen LogP contribution in [-0.4, -0.2) is 6.21 Å². The molecule has 1 aromatic rings. The quantitative estimate of drug-likeness (QED) is 0.453. The zero-order valence-electron chi connectivity index (χ0n) is 15.5. The van der Waals surface area contributed by atoms with Crippen LogP contribution in [0, 0.1) is 32.1 Å². The van der Waals surface area contributed by atoms with E-state index in [1.54, 1.807) is 0 Å². The first kappa shape index (κ1) is 19.2. The lowest BCUT2D eigenvalue weighted by molar-refractivity contribution is 0.647. The van der Waals surface area contributed by atoms with Crippen LogP contribution in [0.4, 0.5) is 0 Å². The lowest BCUT2D eigenvalue weighted by Crippen LogP contribution is -1.94. The summed E-state index contributed by atoms with van der Waals surface area (Å²) >= 11 is 0. The lowest BCUT2D eigenvalue weighted by atomic mass is 9.96. The zero-order valence-corrected chi connectivity index (χ0v) is 15.5. The van der Waals surface area contributed by atoms with Crippen LogP contribution in [-0.2, 0) is 6.42 Å². The molecule has 0 atom stereocenters. The Morgan fingerprint density at radius 2 is 1.83 bits per heavy atom. The van der Waals surface area contributed by atoms with E-state index < -0.39 is 0 Å². The van der Waals surface area contributed by atoms with Gasteiger partial charge in [-0.3, -0.25) is 0 Å². The van der Waals surface area contributed by atoms with Crippen molar-refractivity contribution in [3.05, 3.63) is 69.8 Å². The molecule has 0 bridgehead atoms. The smallest absolute Gasteiger partial charge is 0.0177 e. The maximum absolute atomic E-state index is 7.18. The fourth-order valence-electron chi connectivity index (χ4n) is 2.77. The Balaban J connectivity index is 2.95. The van der Waals surface area contributed by atoms with E-state index >= 15 is 0 Å². The molecule has 1 heteroatoms. The molecule has 1 nitrogen and oxygen atoms in total. The average molecular weight is 309 g/mol. The second-order valence-electron chi connectivity index (χ2n) is 6.80. The van der Waals surface area contributed by atoms with E-state index in [-0.39, 0.29) is 0 Å². The standard InChI is InChI=1S/C22H31N/c1-16(2)13-21(11-8-12-23)18(4)9-7-10-22-15-17(3)14-19(5)20(22)6/h7-9,11-12,14-16,23H,10,13H2,1-6H3/b9-7-,11-8-,21-18-,23-12?. The topological polar surface area (TPSA) is 23.9 Å². The van der Waals surface area contributed by atoms with Gasteiger partial charge in [-0.05, 0) is 80.4 Å². The van der Waals surface area contributed by atoms with Crippen molar-refractivity contribution in [3.8, 4) is 0 Å². The molecule has 0 radical (unpaired) electrons. The Morgan fingerprint density at radius 1 is 1.13 bits per heavy atom. The third-order valence-corrected chi connectivity index (χ3v) is 4.15. The van der Waals surface area contributed by atoms with Gasteiger partial charge in [0, 0.05) is 6.21 Å². The highest BCUT2D eigenvalue weighted by Crippen LogP contribution is 2.19. The van der Waals surface area contributed by atoms with E-state index in [1.807, 2.05) is 6.08 Å². The fourth-order valence-corrected chi connectivity index (χ4v) is 2.77. The summed E-state index contributed by atoms with van der Waals surface area (Å²) in [6.45, 7) is 13.2. The molecule has 0 saturated heterocycles. The molecule has 0 spiro atoms. The van der Waals surface area contributed by atoms with Crippen molar-refractivity contribution >= 4 is 6.21 Å². The maximum Gasteiger partial charge on any atom is 0.0177 e. The first-order valence-corrected chi connectivity index (χ1v) is 8.45. The number of aryl methyl sites for hydroxylation is 2. The molecule has 1 aromatic carbocycles. The summed E-state index contributed by atoms with van der Waals surface area (Å²) in [5, 5.41) is 7.18. The molecule has 124 valence electrons. The van der Waals surface area contributed by atoms with Gasteiger partial charge in [0.05, 0.1) is 0 Å². The van der Waals surface area contributed by atoms with Gasteiger partial charge in [-0.1, -0.05) is 49.8 Å². The molecule has 0 aliphatic rings. The van der Waals surface area contributed by atoms with Crippen molar-refractivity contribution in [2.45, 2.75) is 54.4 Å². The summed E-state index contributed by atoms with van der Waals surface area (Å²) in [6.07, 6.45) is 11.7. The molecule has 0 unspecified atom stereocenters. The van der Waals surface area contributed by atoms with Gasteiger partial charge in [-0.15, -0.1) is 0 Å². The van der Waals surface area contributed by atoms with Crippen LogP contribution in [0.15, 0.2) is 47.6 Å². The van der Waals surface area contributed by atoms with E-state index in [2.05, 4.69) is 71.9 Å². The van der Waals surface area contributed by atoms with E-state index in [0.29, 0.717) is 5.92 Å². The lowest BCUT2D eigenvalue weighted by Gasteiger charge is -2.10. The molecule has 1 rings (SSSR count). The van der Waals surface area contributed by atoms with Crippen LogP contribution < -0.4 is 0 Å². The molecule has 0 aromatic heterocycles. The molecule has 0 saturated carbocycles. The Morgan fingerprint density at radius 3 is 2.43 bits per heavy atom. The molecule has 0 amide bonds. The third kappa shape index (κ3) is 6.40. The summed E-state index contributed by atoms with van der Waals surface area (Å²) in [5.74, 6) is 0.616. The van der Waals surface area contributed by atoms with Gasteiger partial charge in [-0.25, -0.2) is 0 Å². The Bertz CT molecular complexity index is 628. The summed E-state index contributed by atoms with van der Waals surface area (Å²) in [6, 6.07) is 4.53. The van der Waals surface area contributed by atoms with Gasteiger partial charge in [0.2, 0.25) is 0 Å². The molecule has 0 aliphatic heterocycles. The minimum absolute atomic E-state index is 0.616. The second kappa shape index (κ2) is 9.29. The second-order valence-corrected chi connectivity index (χ2v) is 6.80. The monoisotopic (exact) mass is 309 g/mol. The zero-order chi connectivity index (χ0) is 17.4. The van der Waals surface area contributed by atoms with Crippen molar-refractivity contribution in [2.75, 3.05) is 0 Å². The van der Waals surface area contributed by atoms with E-state index in [1.165, 1.54) is 39.6 Å². The van der Waals surface area contributed by atoms with Crippen LogP contribution in [0.1, 0.15) is 49.4 Å². The fraction of sp³-hybridized carbons (Fsp3) is 0.409.